The molecule has 26 heavy (non-hydrogen) atoms. The first-order valence-electron chi connectivity index (χ1n) is 8.14. The van der Waals surface area contributed by atoms with Crippen molar-refractivity contribution in [1.82, 2.24) is 4.90 Å². The van der Waals surface area contributed by atoms with Gasteiger partial charge in [-0.15, -0.1) is 0 Å². The topological polar surface area (TPSA) is 32.3 Å². The molecule has 1 N–H and O–H groups in total. The molecule has 7 heteroatoms. The first-order chi connectivity index (χ1) is 12.2. The molecule has 0 radical (unpaired) electrons. The summed E-state index contributed by atoms with van der Waals surface area (Å²) in [6.07, 6.45) is -4.60. The van der Waals surface area contributed by atoms with Gasteiger partial charge < -0.3 is 5.32 Å². The number of hydrogen-bond acceptors (Lipinski definition) is 2. The molecule has 0 aliphatic heterocycles. The van der Waals surface area contributed by atoms with Crippen LogP contribution in [0, 0.1) is 6.92 Å². The van der Waals surface area contributed by atoms with E-state index in [0.717, 1.165) is 17.2 Å². The fraction of sp³-hybridized carbons (Fsp3) is 0.316. The summed E-state index contributed by atoms with van der Waals surface area (Å²) in [5.41, 5.74) is 0.923. The van der Waals surface area contributed by atoms with Crippen LogP contribution in [0.25, 0.3) is 0 Å². The quantitative estimate of drug-likeness (QED) is 0.749. The highest BCUT2D eigenvalue weighted by Gasteiger charge is 2.34. The van der Waals surface area contributed by atoms with Crippen LogP contribution in [0.4, 0.5) is 18.9 Å². The third-order valence-corrected chi connectivity index (χ3v) is 4.27. The predicted octanol–water partition coefficient (Wildman–Crippen LogP) is 5.13. The SMILES string of the molecule is CCN(CC(=O)Nc1ccc(Cl)cc1C(F)(F)F)Cc1ccccc1C. The van der Waals surface area contributed by atoms with Crippen LogP contribution in [0.5, 0.6) is 0 Å². The molecule has 0 spiro atoms. The van der Waals surface area contributed by atoms with Gasteiger partial charge in [-0.05, 0) is 42.8 Å². The first-order valence-corrected chi connectivity index (χ1v) is 8.52. The predicted molar refractivity (Wildman–Crippen MR) is 97.2 cm³/mol. The zero-order chi connectivity index (χ0) is 19.3. The van der Waals surface area contributed by atoms with Crippen molar-refractivity contribution in [2.24, 2.45) is 0 Å². The smallest absolute Gasteiger partial charge is 0.324 e. The van der Waals surface area contributed by atoms with Crippen molar-refractivity contribution in [2.75, 3.05) is 18.4 Å². The average Bonchev–Trinajstić information content (AvgIpc) is 2.56. The number of halogens is 4. The van der Waals surface area contributed by atoms with Crippen LogP contribution in [0.3, 0.4) is 0 Å². The Kier molecular flexibility index (Phi) is 6.67. The number of nitrogens with one attached hydrogen (secondary N) is 1. The van der Waals surface area contributed by atoms with Gasteiger partial charge in [0.25, 0.3) is 0 Å². The Morgan fingerprint density at radius 2 is 1.88 bits per heavy atom. The van der Waals surface area contributed by atoms with Crippen LogP contribution in [0.2, 0.25) is 5.02 Å². The molecule has 0 fully saturated rings. The summed E-state index contributed by atoms with van der Waals surface area (Å²) in [6, 6.07) is 11.1. The van der Waals surface area contributed by atoms with E-state index in [9.17, 15) is 18.0 Å². The Bertz CT molecular complexity index is 778. The summed E-state index contributed by atoms with van der Waals surface area (Å²) >= 11 is 5.65. The Hall–Kier alpha value is -2.05. The van der Waals surface area contributed by atoms with Crippen molar-refractivity contribution >= 4 is 23.2 Å². The second-order valence-electron chi connectivity index (χ2n) is 5.97. The van der Waals surface area contributed by atoms with Crippen LogP contribution in [0.15, 0.2) is 42.5 Å². The maximum Gasteiger partial charge on any atom is 0.418 e. The van der Waals surface area contributed by atoms with E-state index in [2.05, 4.69) is 5.32 Å². The first kappa shape index (κ1) is 20.3. The lowest BCUT2D eigenvalue weighted by atomic mass is 10.1. The van der Waals surface area contributed by atoms with Gasteiger partial charge in [-0.1, -0.05) is 42.8 Å². The van der Waals surface area contributed by atoms with E-state index >= 15 is 0 Å². The molecule has 3 nitrogen and oxygen atoms in total. The lowest BCUT2D eigenvalue weighted by molar-refractivity contribution is -0.137. The number of hydrogen-bond donors (Lipinski definition) is 1. The molecule has 0 atom stereocenters. The van der Waals surface area contributed by atoms with E-state index in [4.69, 9.17) is 11.6 Å². The van der Waals surface area contributed by atoms with Crippen molar-refractivity contribution in [1.29, 1.82) is 0 Å². The lowest BCUT2D eigenvalue weighted by Crippen LogP contribution is -2.33. The third-order valence-electron chi connectivity index (χ3n) is 4.03. The van der Waals surface area contributed by atoms with Gasteiger partial charge >= 0.3 is 6.18 Å². The molecule has 0 saturated heterocycles. The van der Waals surface area contributed by atoms with Gasteiger partial charge in [0.05, 0.1) is 17.8 Å². The van der Waals surface area contributed by atoms with Crippen molar-refractivity contribution in [3.63, 3.8) is 0 Å². The standard InChI is InChI=1S/C19H20ClF3N2O/c1-3-25(11-14-7-5-4-6-13(14)2)12-18(26)24-17-9-8-15(20)10-16(17)19(21,22)23/h4-10H,3,11-12H2,1-2H3,(H,24,26). The van der Waals surface area contributed by atoms with E-state index in [0.29, 0.717) is 13.1 Å². The Morgan fingerprint density at radius 1 is 1.19 bits per heavy atom. The number of carbonyl (C=O) groups excluding carboxylic acids is 1. The number of benzene rings is 2. The van der Waals surface area contributed by atoms with Crippen LogP contribution >= 0.6 is 11.6 Å². The van der Waals surface area contributed by atoms with Gasteiger partial charge in [-0.25, -0.2) is 0 Å². The van der Waals surface area contributed by atoms with E-state index in [1.54, 1.807) is 0 Å². The number of anilines is 1. The molecular weight excluding hydrogens is 365 g/mol. The van der Waals surface area contributed by atoms with E-state index in [-0.39, 0.29) is 17.3 Å². The molecule has 0 aliphatic carbocycles. The number of nitrogens with zero attached hydrogens (tertiary/aromatic N) is 1. The third kappa shape index (κ3) is 5.47. The largest absolute Gasteiger partial charge is 0.418 e. The fourth-order valence-corrected chi connectivity index (χ4v) is 2.73. The van der Waals surface area contributed by atoms with Crippen molar-refractivity contribution in [2.45, 2.75) is 26.6 Å². The summed E-state index contributed by atoms with van der Waals surface area (Å²) in [4.78, 5) is 14.1. The second-order valence-corrected chi connectivity index (χ2v) is 6.40. The minimum Gasteiger partial charge on any atom is -0.324 e. The molecule has 0 aliphatic rings. The highest BCUT2D eigenvalue weighted by atomic mass is 35.5. The summed E-state index contributed by atoms with van der Waals surface area (Å²) in [5, 5.41) is 2.31. The molecule has 0 aromatic heterocycles. The number of carbonyl (C=O) groups is 1. The van der Waals surface area contributed by atoms with Gasteiger partial charge in [0, 0.05) is 11.6 Å². The average molecular weight is 385 g/mol. The minimum absolute atomic E-state index is 0.00917. The van der Waals surface area contributed by atoms with Gasteiger partial charge in [-0.3, -0.25) is 9.69 Å². The van der Waals surface area contributed by atoms with Gasteiger partial charge in [0.1, 0.15) is 0 Å². The normalized spacial score (nSPS) is 11.7. The van der Waals surface area contributed by atoms with E-state index < -0.39 is 17.6 Å². The van der Waals surface area contributed by atoms with Crippen LogP contribution in [-0.4, -0.2) is 23.9 Å². The number of likely N-dealkylation sites (N-methyl/N-ethyl adjacent to an activating group) is 1. The number of aryl methyl sites for hydroxylation is 1. The van der Waals surface area contributed by atoms with E-state index in [1.165, 1.54) is 12.1 Å². The Labute approximate surface area is 155 Å². The van der Waals surface area contributed by atoms with Crippen molar-refractivity contribution in [3.05, 3.63) is 64.2 Å². The Morgan fingerprint density at radius 3 is 2.50 bits per heavy atom. The molecule has 0 saturated carbocycles. The van der Waals surface area contributed by atoms with Crippen molar-refractivity contribution in [3.8, 4) is 0 Å². The van der Waals surface area contributed by atoms with Crippen LogP contribution in [-0.2, 0) is 17.5 Å². The van der Waals surface area contributed by atoms with Crippen molar-refractivity contribution < 1.29 is 18.0 Å². The minimum atomic E-state index is -4.60. The Balaban J connectivity index is 2.09. The summed E-state index contributed by atoms with van der Waals surface area (Å²) in [5.74, 6) is -0.506. The maximum absolute atomic E-state index is 13.1. The van der Waals surface area contributed by atoms with Gasteiger partial charge in [0.15, 0.2) is 0 Å². The summed E-state index contributed by atoms with van der Waals surface area (Å²) in [6.45, 7) is 5.00. The molecule has 0 bridgehead atoms. The lowest BCUT2D eigenvalue weighted by Gasteiger charge is -2.21. The van der Waals surface area contributed by atoms with Crippen LogP contribution < -0.4 is 5.32 Å². The maximum atomic E-state index is 13.1. The molecule has 0 unspecified atom stereocenters. The molecule has 0 heterocycles. The molecule has 2 aromatic carbocycles. The summed E-state index contributed by atoms with van der Waals surface area (Å²) < 4.78 is 39.4. The molecular formula is C19H20ClF3N2O. The zero-order valence-electron chi connectivity index (χ0n) is 14.5. The second kappa shape index (κ2) is 8.56. The van der Waals surface area contributed by atoms with Crippen LogP contribution in [0.1, 0.15) is 23.6 Å². The molecule has 2 rings (SSSR count). The number of amides is 1. The fourth-order valence-electron chi connectivity index (χ4n) is 2.56. The zero-order valence-corrected chi connectivity index (χ0v) is 15.3. The molecule has 1 amide bonds. The highest BCUT2D eigenvalue weighted by Crippen LogP contribution is 2.36. The molecule has 2 aromatic rings. The monoisotopic (exact) mass is 384 g/mol. The van der Waals surface area contributed by atoms with Gasteiger partial charge in [-0.2, -0.15) is 13.2 Å². The number of alkyl halides is 3. The molecule has 140 valence electrons. The number of rotatable bonds is 6. The highest BCUT2D eigenvalue weighted by molar-refractivity contribution is 6.30. The summed E-state index contributed by atoms with van der Waals surface area (Å²) in [7, 11) is 0. The van der Waals surface area contributed by atoms with Gasteiger partial charge in [0.2, 0.25) is 5.91 Å². The van der Waals surface area contributed by atoms with E-state index in [1.807, 2.05) is 43.0 Å².